The first kappa shape index (κ1) is 15.5. The van der Waals surface area contributed by atoms with Gasteiger partial charge in [-0.15, -0.1) is 0 Å². The molecule has 1 N–H and O–H groups in total. The SMILES string of the molecule is Cc1ccc(CN(CC=Cc2ccccc2)CCO)cc1. The van der Waals surface area contributed by atoms with Gasteiger partial charge in [0.1, 0.15) is 0 Å². The van der Waals surface area contributed by atoms with E-state index in [9.17, 15) is 5.11 Å². The average Bonchev–Trinajstić information content (AvgIpc) is 2.51. The van der Waals surface area contributed by atoms with Crippen LogP contribution in [0.15, 0.2) is 60.7 Å². The molecule has 0 aliphatic heterocycles. The molecule has 0 spiro atoms. The number of benzene rings is 2. The Bertz CT molecular complexity index is 546. The summed E-state index contributed by atoms with van der Waals surface area (Å²) in [6, 6.07) is 18.8. The molecule has 2 aromatic rings. The molecule has 2 heteroatoms. The maximum atomic E-state index is 9.21. The minimum absolute atomic E-state index is 0.186. The van der Waals surface area contributed by atoms with Gasteiger partial charge in [-0.05, 0) is 18.1 Å². The number of aryl methyl sites for hydroxylation is 1. The van der Waals surface area contributed by atoms with Crippen molar-refractivity contribution >= 4 is 6.08 Å². The van der Waals surface area contributed by atoms with Gasteiger partial charge in [0.05, 0.1) is 6.61 Å². The predicted molar refractivity (Wildman–Crippen MR) is 89.0 cm³/mol. The lowest BCUT2D eigenvalue weighted by atomic mass is 10.1. The molecule has 0 aliphatic carbocycles. The van der Waals surface area contributed by atoms with Crippen molar-refractivity contribution in [3.8, 4) is 0 Å². The minimum atomic E-state index is 0.186. The maximum Gasteiger partial charge on any atom is 0.0558 e. The molecule has 110 valence electrons. The molecule has 2 rings (SSSR count). The zero-order valence-electron chi connectivity index (χ0n) is 12.6. The van der Waals surface area contributed by atoms with Gasteiger partial charge in [-0.2, -0.15) is 0 Å². The first-order valence-corrected chi connectivity index (χ1v) is 7.38. The van der Waals surface area contributed by atoms with Crippen molar-refractivity contribution in [1.82, 2.24) is 4.90 Å². The molecule has 0 aromatic heterocycles. The van der Waals surface area contributed by atoms with Gasteiger partial charge < -0.3 is 5.11 Å². The van der Waals surface area contributed by atoms with E-state index in [1.54, 1.807) is 0 Å². The molecule has 2 nitrogen and oxygen atoms in total. The number of rotatable bonds is 7. The summed E-state index contributed by atoms with van der Waals surface area (Å²) in [5, 5.41) is 9.21. The van der Waals surface area contributed by atoms with Crippen LogP contribution in [0.2, 0.25) is 0 Å². The Morgan fingerprint density at radius 2 is 1.71 bits per heavy atom. The molecule has 0 amide bonds. The van der Waals surface area contributed by atoms with Gasteiger partial charge in [0.2, 0.25) is 0 Å². The second kappa shape index (κ2) is 8.40. The Morgan fingerprint density at radius 3 is 2.38 bits per heavy atom. The van der Waals surface area contributed by atoms with Gasteiger partial charge in [0.15, 0.2) is 0 Å². The summed E-state index contributed by atoms with van der Waals surface area (Å²) in [7, 11) is 0. The molecule has 0 saturated heterocycles. The third-order valence-electron chi connectivity index (χ3n) is 3.42. The Balaban J connectivity index is 1.92. The quantitative estimate of drug-likeness (QED) is 0.839. The number of hydrogen-bond donors (Lipinski definition) is 1. The fraction of sp³-hybridized carbons (Fsp3) is 0.263. The highest BCUT2D eigenvalue weighted by Crippen LogP contribution is 2.08. The van der Waals surface area contributed by atoms with E-state index >= 15 is 0 Å². The van der Waals surface area contributed by atoms with Crippen molar-refractivity contribution in [1.29, 1.82) is 0 Å². The summed E-state index contributed by atoms with van der Waals surface area (Å²) < 4.78 is 0. The van der Waals surface area contributed by atoms with Gasteiger partial charge in [-0.1, -0.05) is 72.3 Å². The van der Waals surface area contributed by atoms with Crippen molar-refractivity contribution in [2.45, 2.75) is 13.5 Å². The molecule has 0 aliphatic rings. The molecule has 0 atom stereocenters. The van der Waals surface area contributed by atoms with Gasteiger partial charge >= 0.3 is 0 Å². The van der Waals surface area contributed by atoms with E-state index in [0.717, 1.165) is 13.1 Å². The van der Waals surface area contributed by atoms with Crippen LogP contribution in [0.1, 0.15) is 16.7 Å². The van der Waals surface area contributed by atoms with E-state index in [2.05, 4.69) is 60.4 Å². The fourth-order valence-corrected chi connectivity index (χ4v) is 2.23. The summed E-state index contributed by atoms with van der Waals surface area (Å²) in [4.78, 5) is 2.24. The number of aliphatic hydroxyl groups excluding tert-OH is 1. The maximum absolute atomic E-state index is 9.21. The zero-order valence-corrected chi connectivity index (χ0v) is 12.6. The molecule has 0 saturated carbocycles. The number of aliphatic hydroxyl groups is 1. The third kappa shape index (κ3) is 5.54. The number of hydrogen-bond acceptors (Lipinski definition) is 2. The van der Waals surface area contributed by atoms with E-state index in [-0.39, 0.29) is 6.61 Å². The molecular formula is C19H23NO. The fourth-order valence-electron chi connectivity index (χ4n) is 2.23. The minimum Gasteiger partial charge on any atom is -0.395 e. The molecule has 0 heterocycles. The Hall–Kier alpha value is -1.90. The Kier molecular flexibility index (Phi) is 6.20. The van der Waals surface area contributed by atoms with E-state index in [0.29, 0.717) is 6.54 Å². The van der Waals surface area contributed by atoms with Crippen molar-refractivity contribution in [2.24, 2.45) is 0 Å². The van der Waals surface area contributed by atoms with Crippen LogP contribution in [0.4, 0.5) is 0 Å². The summed E-state index contributed by atoms with van der Waals surface area (Å²) in [6.07, 6.45) is 4.28. The molecule has 2 aromatic carbocycles. The predicted octanol–water partition coefficient (Wildman–Crippen LogP) is 3.50. The average molecular weight is 281 g/mol. The van der Waals surface area contributed by atoms with Crippen molar-refractivity contribution < 1.29 is 5.11 Å². The molecule has 0 bridgehead atoms. The summed E-state index contributed by atoms with van der Waals surface area (Å²) in [6.45, 7) is 4.67. The summed E-state index contributed by atoms with van der Waals surface area (Å²) in [5.74, 6) is 0. The van der Waals surface area contributed by atoms with E-state index in [1.807, 2.05) is 18.2 Å². The van der Waals surface area contributed by atoms with Crippen molar-refractivity contribution in [2.75, 3.05) is 19.7 Å². The van der Waals surface area contributed by atoms with Crippen LogP contribution in [0.25, 0.3) is 6.08 Å². The topological polar surface area (TPSA) is 23.5 Å². The van der Waals surface area contributed by atoms with E-state index in [4.69, 9.17) is 0 Å². The van der Waals surface area contributed by atoms with Crippen molar-refractivity contribution in [3.63, 3.8) is 0 Å². The lowest BCUT2D eigenvalue weighted by Crippen LogP contribution is -2.26. The van der Waals surface area contributed by atoms with Gasteiger partial charge in [0, 0.05) is 19.6 Å². The second-order valence-corrected chi connectivity index (χ2v) is 5.26. The Morgan fingerprint density at radius 1 is 1.00 bits per heavy atom. The molecule has 0 unspecified atom stereocenters. The van der Waals surface area contributed by atoms with Crippen LogP contribution in [-0.4, -0.2) is 29.7 Å². The second-order valence-electron chi connectivity index (χ2n) is 5.26. The van der Waals surface area contributed by atoms with Crippen molar-refractivity contribution in [3.05, 3.63) is 77.4 Å². The van der Waals surface area contributed by atoms with Gasteiger partial charge in [0.25, 0.3) is 0 Å². The van der Waals surface area contributed by atoms with Crippen LogP contribution in [0.5, 0.6) is 0 Å². The molecular weight excluding hydrogens is 258 g/mol. The van der Waals surface area contributed by atoms with Crippen LogP contribution < -0.4 is 0 Å². The zero-order chi connectivity index (χ0) is 14.9. The van der Waals surface area contributed by atoms with Gasteiger partial charge in [-0.25, -0.2) is 0 Å². The molecule has 21 heavy (non-hydrogen) atoms. The standard InChI is InChI=1S/C19H23NO/c1-17-9-11-19(12-10-17)16-20(14-15-21)13-5-8-18-6-3-2-4-7-18/h2-12,21H,13-16H2,1H3. The first-order valence-electron chi connectivity index (χ1n) is 7.38. The normalized spacial score (nSPS) is 11.4. The highest BCUT2D eigenvalue weighted by Gasteiger charge is 2.03. The van der Waals surface area contributed by atoms with Crippen LogP contribution in [0, 0.1) is 6.92 Å². The molecule has 0 fully saturated rings. The lowest BCUT2D eigenvalue weighted by Gasteiger charge is -2.19. The highest BCUT2D eigenvalue weighted by atomic mass is 16.3. The summed E-state index contributed by atoms with van der Waals surface area (Å²) in [5.41, 5.74) is 3.76. The third-order valence-corrected chi connectivity index (χ3v) is 3.42. The number of nitrogens with zero attached hydrogens (tertiary/aromatic N) is 1. The first-order chi connectivity index (χ1) is 10.3. The van der Waals surface area contributed by atoms with E-state index in [1.165, 1.54) is 16.7 Å². The van der Waals surface area contributed by atoms with Crippen LogP contribution in [0.3, 0.4) is 0 Å². The Labute approximate surface area is 127 Å². The van der Waals surface area contributed by atoms with Crippen LogP contribution in [-0.2, 0) is 6.54 Å². The largest absolute Gasteiger partial charge is 0.395 e. The smallest absolute Gasteiger partial charge is 0.0558 e. The van der Waals surface area contributed by atoms with Crippen LogP contribution >= 0.6 is 0 Å². The lowest BCUT2D eigenvalue weighted by molar-refractivity contribution is 0.203. The molecule has 0 radical (unpaired) electrons. The van der Waals surface area contributed by atoms with Gasteiger partial charge in [-0.3, -0.25) is 4.90 Å². The summed E-state index contributed by atoms with van der Waals surface area (Å²) >= 11 is 0. The highest BCUT2D eigenvalue weighted by molar-refractivity contribution is 5.48. The van der Waals surface area contributed by atoms with E-state index < -0.39 is 0 Å². The monoisotopic (exact) mass is 281 g/mol.